The van der Waals surface area contributed by atoms with Crippen molar-refractivity contribution in [3.05, 3.63) is 76.5 Å². The SMILES string of the molecule is CCCCC(=O)N1CCN(c2nc(-c3ccccc3)nc(C)c2Cc2cc(C)ccc2C)CC1. The van der Waals surface area contributed by atoms with Crippen LogP contribution < -0.4 is 4.90 Å². The Balaban J connectivity index is 1.67. The fourth-order valence-electron chi connectivity index (χ4n) is 4.60. The quantitative estimate of drug-likeness (QED) is 0.471. The first-order chi connectivity index (χ1) is 16.5. The number of carbonyl (C=O) groups excluding carboxylic acids is 1. The average molecular weight is 457 g/mol. The predicted octanol–water partition coefficient (Wildman–Crippen LogP) is 5.50. The summed E-state index contributed by atoms with van der Waals surface area (Å²) in [5.74, 6) is 2.05. The van der Waals surface area contributed by atoms with Crippen LogP contribution in [-0.4, -0.2) is 47.0 Å². The number of anilines is 1. The molecule has 2 aromatic carbocycles. The van der Waals surface area contributed by atoms with Crippen LogP contribution in [0.1, 0.15) is 54.1 Å². The molecule has 1 fully saturated rings. The third-order valence-electron chi connectivity index (χ3n) is 6.77. The average Bonchev–Trinajstić information content (AvgIpc) is 2.86. The van der Waals surface area contributed by atoms with Crippen LogP contribution in [0.4, 0.5) is 5.82 Å². The third-order valence-corrected chi connectivity index (χ3v) is 6.77. The molecule has 34 heavy (non-hydrogen) atoms. The predicted molar refractivity (Wildman–Crippen MR) is 139 cm³/mol. The van der Waals surface area contributed by atoms with Gasteiger partial charge in [-0.15, -0.1) is 0 Å². The van der Waals surface area contributed by atoms with Crippen molar-refractivity contribution in [3.8, 4) is 11.4 Å². The Morgan fingerprint density at radius 1 is 0.941 bits per heavy atom. The number of piperazine rings is 1. The van der Waals surface area contributed by atoms with E-state index in [9.17, 15) is 4.79 Å². The second-order valence-electron chi connectivity index (χ2n) is 9.38. The van der Waals surface area contributed by atoms with Gasteiger partial charge < -0.3 is 9.80 Å². The van der Waals surface area contributed by atoms with Crippen LogP contribution in [-0.2, 0) is 11.2 Å². The van der Waals surface area contributed by atoms with Crippen LogP contribution in [0.5, 0.6) is 0 Å². The minimum atomic E-state index is 0.279. The molecule has 5 heteroatoms. The molecule has 0 atom stereocenters. The molecular weight excluding hydrogens is 420 g/mol. The van der Waals surface area contributed by atoms with Crippen molar-refractivity contribution in [2.45, 2.75) is 53.4 Å². The van der Waals surface area contributed by atoms with Gasteiger partial charge in [0, 0.05) is 55.8 Å². The van der Waals surface area contributed by atoms with Gasteiger partial charge >= 0.3 is 0 Å². The highest BCUT2D eigenvalue weighted by atomic mass is 16.2. The van der Waals surface area contributed by atoms with E-state index in [0.29, 0.717) is 6.42 Å². The maximum absolute atomic E-state index is 12.6. The highest BCUT2D eigenvalue weighted by Gasteiger charge is 2.25. The molecule has 0 unspecified atom stereocenters. The van der Waals surface area contributed by atoms with Crippen molar-refractivity contribution in [3.63, 3.8) is 0 Å². The van der Waals surface area contributed by atoms with Gasteiger partial charge in [0.05, 0.1) is 0 Å². The zero-order valence-corrected chi connectivity index (χ0v) is 21.0. The summed E-state index contributed by atoms with van der Waals surface area (Å²) in [5.41, 5.74) is 7.09. The van der Waals surface area contributed by atoms with Gasteiger partial charge in [-0.25, -0.2) is 9.97 Å². The summed E-state index contributed by atoms with van der Waals surface area (Å²) in [6.07, 6.45) is 3.47. The zero-order chi connectivity index (χ0) is 24.1. The molecule has 0 saturated carbocycles. The molecule has 1 amide bonds. The van der Waals surface area contributed by atoms with E-state index in [4.69, 9.17) is 9.97 Å². The summed E-state index contributed by atoms with van der Waals surface area (Å²) in [6, 6.07) is 16.8. The summed E-state index contributed by atoms with van der Waals surface area (Å²) in [4.78, 5) is 26.9. The molecule has 2 heterocycles. The standard InChI is InChI=1S/C29H36N4O/c1-5-6-12-27(34)32-15-17-33(18-16-32)29-26(20-25-19-21(2)13-14-22(25)3)23(4)30-28(31-29)24-10-8-7-9-11-24/h7-11,13-14,19H,5-6,12,15-18,20H2,1-4H3. The normalized spacial score (nSPS) is 13.9. The van der Waals surface area contributed by atoms with Crippen molar-refractivity contribution in [2.75, 3.05) is 31.1 Å². The number of unbranched alkanes of at least 4 members (excludes halogenated alkanes) is 1. The lowest BCUT2D eigenvalue weighted by atomic mass is 9.97. The Hall–Kier alpha value is -3.21. The number of aryl methyl sites for hydroxylation is 3. The lowest BCUT2D eigenvalue weighted by Crippen LogP contribution is -2.49. The number of benzene rings is 2. The highest BCUT2D eigenvalue weighted by Crippen LogP contribution is 2.29. The van der Waals surface area contributed by atoms with Gasteiger partial charge in [0.2, 0.25) is 5.91 Å². The minimum absolute atomic E-state index is 0.279. The van der Waals surface area contributed by atoms with Gasteiger partial charge in [-0.2, -0.15) is 0 Å². The van der Waals surface area contributed by atoms with E-state index < -0.39 is 0 Å². The fraction of sp³-hybridized carbons (Fsp3) is 0.414. The van der Waals surface area contributed by atoms with Gasteiger partial charge in [-0.3, -0.25) is 4.79 Å². The number of nitrogens with zero attached hydrogens (tertiary/aromatic N) is 4. The van der Waals surface area contributed by atoms with Gasteiger partial charge in [0.15, 0.2) is 5.82 Å². The zero-order valence-electron chi connectivity index (χ0n) is 21.0. The van der Waals surface area contributed by atoms with Gasteiger partial charge in [-0.1, -0.05) is 67.4 Å². The summed E-state index contributed by atoms with van der Waals surface area (Å²) >= 11 is 0. The second-order valence-corrected chi connectivity index (χ2v) is 9.38. The topological polar surface area (TPSA) is 49.3 Å². The molecule has 5 nitrogen and oxygen atoms in total. The Morgan fingerprint density at radius 2 is 1.68 bits per heavy atom. The van der Waals surface area contributed by atoms with E-state index in [1.54, 1.807) is 0 Å². The number of rotatable bonds is 7. The smallest absolute Gasteiger partial charge is 0.222 e. The second kappa shape index (κ2) is 10.8. The largest absolute Gasteiger partial charge is 0.353 e. The van der Waals surface area contributed by atoms with Crippen molar-refractivity contribution in [2.24, 2.45) is 0 Å². The molecule has 3 aromatic rings. The Bertz CT molecular complexity index is 1130. The summed E-state index contributed by atoms with van der Waals surface area (Å²) < 4.78 is 0. The number of amides is 1. The van der Waals surface area contributed by atoms with Crippen molar-refractivity contribution in [1.29, 1.82) is 0 Å². The summed E-state index contributed by atoms with van der Waals surface area (Å²) in [7, 11) is 0. The molecule has 1 aliphatic rings. The Kier molecular flexibility index (Phi) is 7.61. The molecule has 0 aliphatic carbocycles. The van der Waals surface area contributed by atoms with Crippen molar-refractivity contribution < 1.29 is 4.79 Å². The molecule has 0 N–H and O–H groups in total. The van der Waals surface area contributed by atoms with Crippen LogP contribution in [0.15, 0.2) is 48.5 Å². The van der Waals surface area contributed by atoms with Crippen LogP contribution in [0.25, 0.3) is 11.4 Å². The first kappa shape index (κ1) is 23.9. The van der Waals surface area contributed by atoms with E-state index in [0.717, 1.165) is 68.3 Å². The van der Waals surface area contributed by atoms with Crippen LogP contribution in [0, 0.1) is 20.8 Å². The molecule has 4 rings (SSSR count). The van der Waals surface area contributed by atoms with Gasteiger partial charge in [0.25, 0.3) is 0 Å². The lowest BCUT2D eigenvalue weighted by Gasteiger charge is -2.36. The number of carbonyl (C=O) groups is 1. The fourth-order valence-corrected chi connectivity index (χ4v) is 4.60. The first-order valence-electron chi connectivity index (χ1n) is 12.5. The molecule has 0 spiro atoms. The van der Waals surface area contributed by atoms with Crippen molar-refractivity contribution in [1.82, 2.24) is 14.9 Å². The molecule has 178 valence electrons. The van der Waals surface area contributed by atoms with E-state index in [1.165, 1.54) is 22.3 Å². The molecule has 1 aliphatic heterocycles. The number of aromatic nitrogens is 2. The van der Waals surface area contributed by atoms with E-state index in [2.05, 4.69) is 62.9 Å². The molecule has 1 aromatic heterocycles. The highest BCUT2D eigenvalue weighted by molar-refractivity contribution is 5.76. The number of hydrogen-bond acceptors (Lipinski definition) is 4. The minimum Gasteiger partial charge on any atom is -0.353 e. The maximum Gasteiger partial charge on any atom is 0.222 e. The molecular formula is C29H36N4O. The monoisotopic (exact) mass is 456 g/mol. The summed E-state index contributed by atoms with van der Waals surface area (Å²) in [5, 5.41) is 0. The van der Waals surface area contributed by atoms with Crippen LogP contribution >= 0.6 is 0 Å². The van der Waals surface area contributed by atoms with Gasteiger partial charge in [-0.05, 0) is 38.3 Å². The Morgan fingerprint density at radius 3 is 2.38 bits per heavy atom. The van der Waals surface area contributed by atoms with E-state index >= 15 is 0 Å². The van der Waals surface area contributed by atoms with Crippen LogP contribution in [0.2, 0.25) is 0 Å². The van der Waals surface area contributed by atoms with Crippen molar-refractivity contribution >= 4 is 11.7 Å². The van der Waals surface area contributed by atoms with E-state index in [1.807, 2.05) is 23.1 Å². The van der Waals surface area contributed by atoms with Crippen LogP contribution in [0.3, 0.4) is 0 Å². The number of hydrogen-bond donors (Lipinski definition) is 0. The summed E-state index contributed by atoms with van der Waals surface area (Å²) in [6.45, 7) is 11.6. The van der Waals surface area contributed by atoms with E-state index in [-0.39, 0.29) is 5.91 Å². The first-order valence-corrected chi connectivity index (χ1v) is 12.5. The Labute approximate surface area is 203 Å². The molecule has 1 saturated heterocycles. The maximum atomic E-state index is 12.6. The molecule has 0 radical (unpaired) electrons. The third kappa shape index (κ3) is 5.46. The lowest BCUT2D eigenvalue weighted by molar-refractivity contribution is -0.131. The molecule has 0 bridgehead atoms. The van der Waals surface area contributed by atoms with Gasteiger partial charge in [0.1, 0.15) is 5.82 Å².